The predicted octanol–water partition coefficient (Wildman–Crippen LogP) is -0.0527. The van der Waals surface area contributed by atoms with Gasteiger partial charge < -0.3 is 11.1 Å². The minimum atomic E-state index is 0.164. The summed E-state index contributed by atoms with van der Waals surface area (Å²) in [4.78, 5) is 16.9. The number of carbonyl (C=O) groups excluding carboxylic acids is 1. The van der Waals surface area contributed by atoms with Crippen LogP contribution in [0, 0.1) is 0 Å². The average Bonchev–Trinajstić information content (AvgIpc) is 3.15. The molecule has 1 saturated heterocycles. The number of rotatable bonds is 6. The summed E-state index contributed by atoms with van der Waals surface area (Å²) in [6.07, 6.45) is 3.24. The van der Waals surface area contributed by atoms with E-state index in [1.165, 1.54) is 0 Å². The van der Waals surface area contributed by atoms with Crippen LogP contribution in [0.25, 0.3) is 0 Å². The molecule has 3 N–H and O–H groups in total. The zero-order valence-corrected chi connectivity index (χ0v) is 12.4. The van der Waals surface area contributed by atoms with Crippen molar-refractivity contribution >= 4 is 23.1 Å². The molecule has 2 fully saturated rings. The van der Waals surface area contributed by atoms with Crippen LogP contribution in [0.2, 0.25) is 0 Å². The number of hydrogen-bond donors (Lipinski definition) is 2. The molecule has 0 aromatic heterocycles. The van der Waals surface area contributed by atoms with Crippen LogP contribution in [0.4, 0.5) is 0 Å². The minimum absolute atomic E-state index is 0.164. The fraction of sp³-hybridized carbons (Fsp3) is 0.846. The first-order valence-electron chi connectivity index (χ1n) is 7.15. The van der Waals surface area contributed by atoms with Crippen molar-refractivity contribution in [1.82, 2.24) is 15.1 Å². The molecule has 0 spiro atoms. The first kappa shape index (κ1) is 14.7. The molecule has 2 rings (SSSR count). The number of hydrogen-bond acceptors (Lipinski definition) is 4. The van der Waals surface area contributed by atoms with Crippen molar-refractivity contribution in [2.45, 2.75) is 38.3 Å². The Morgan fingerprint density at radius 2 is 2.00 bits per heavy atom. The van der Waals surface area contributed by atoms with Crippen molar-refractivity contribution in [2.24, 2.45) is 5.73 Å². The van der Waals surface area contributed by atoms with Gasteiger partial charge in [0.05, 0.1) is 17.6 Å². The van der Waals surface area contributed by atoms with Crippen LogP contribution >= 0.6 is 12.2 Å². The van der Waals surface area contributed by atoms with Gasteiger partial charge in [-0.15, -0.1) is 0 Å². The van der Waals surface area contributed by atoms with Gasteiger partial charge in [0.25, 0.3) is 0 Å². The molecule has 0 aromatic carbocycles. The second kappa shape index (κ2) is 6.63. The van der Waals surface area contributed by atoms with Gasteiger partial charge in [0.1, 0.15) is 0 Å². The molecule has 1 saturated carbocycles. The molecule has 0 bridgehead atoms. The minimum Gasteiger partial charge on any atom is -0.392 e. The van der Waals surface area contributed by atoms with Gasteiger partial charge in [0.15, 0.2) is 0 Å². The highest BCUT2D eigenvalue weighted by molar-refractivity contribution is 7.80. The normalized spacial score (nSPS) is 23.0. The number of nitrogens with zero attached hydrogens (tertiary/aromatic N) is 2. The van der Waals surface area contributed by atoms with E-state index in [1.807, 2.05) is 0 Å². The third kappa shape index (κ3) is 4.40. The molecule has 1 aliphatic heterocycles. The Morgan fingerprint density at radius 1 is 1.37 bits per heavy atom. The van der Waals surface area contributed by atoms with Gasteiger partial charge in [0.2, 0.25) is 5.91 Å². The summed E-state index contributed by atoms with van der Waals surface area (Å²) in [6.45, 7) is 6.33. The van der Waals surface area contributed by atoms with E-state index in [2.05, 4.69) is 22.0 Å². The van der Waals surface area contributed by atoms with Crippen molar-refractivity contribution in [3.63, 3.8) is 0 Å². The predicted molar refractivity (Wildman–Crippen MR) is 80.0 cm³/mol. The van der Waals surface area contributed by atoms with Gasteiger partial charge in [0, 0.05) is 32.2 Å². The van der Waals surface area contributed by atoms with Crippen LogP contribution in [0.5, 0.6) is 0 Å². The fourth-order valence-corrected chi connectivity index (χ4v) is 2.89. The van der Waals surface area contributed by atoms with Gasteiger partial charge >= 0.3 is 0 Å². The number of amides is 1. The molecular formula is C13H24N4OS. The number of piperazine rings is 1. The van der Waals surface area contributed by atoms with E-state index < -0.39 is 0 Å². The van der Waals surface area contributed by atoms with Gasteiger partial charge in [-0.3, -0.25) is 14.6 Å². The Balaban J connectivity index is 1.72. The zero-order valence-electron chi connectivity index (χ0n) is 11.6. The van der Waals surface area contributed by atoms with Crippen LogP contribution in [-0.4, -0.2) is 65.5 Å². The Morgan fingerprint density at radius 3 is 2.47 bits per heavy atom. The second-order valence-corrected chi connectivity index (χ2v) is 5.95. The van der Waals surface area contributed by atoms with Crippen molar-refractivity contribution < 1.29 is 4.79 Å². The molecule has 1 aliphatic carbocycles. The van der Waals surface area contributed by atoms with E-state index in [9.17, 15) is 4.79 Å². The van der Waals surface area contributed by atoms with Crippen LogP contribution in [-0.2, 0) is 4.79 Å². The van der Waals surface area contributed by atoms with E-state index in [1.54, 1.807) is 0 Å². The van der Waals surface area contributed by atoms with Crippen LogP contribution in [0.3, 0.4) is 0 Å². The Kier molecular flexibility index (Phi) is 5.13. The number of nitrogens with one attached hydrogen (secondary N) is 1. The largest absolute Gasteiger partial charge is 0.392 e. The standard InChI is InChI=1S/C13H24N4OS/c1-2-11(13(14)19)17-7-5-16(6-8-17)9-12(18)15-10-3-4-10/h10-11H,2-9H2,1H3,(H2,14,19)(H,15,18). The zero-order chi connectivity index (χ0) is 13.8. The van der Waals surface area contributed by atoms with Crippen molar-refractivity contribution in [3.8, 4) is 0 Å². The monoisotopic (exact) mass is 284 g/mol. The number of carbonyl (C=O) groups is 1. The molecule has 0 aromatic rings. The summed E-state index contributed by atoms with van der Waals surface area (Å²) >= 11 is 5.11. The maximum Gasteiger partial charge on any atom is 0.234 e. The SMILES string of the molecule is CCC(C(N)=S)N1CCN(CC(=O)NC2CC2)CC1. The van der Waals surface area contributed by atoms with Gasteiger partial charge in [-0.25, -0.2) is 0 Å². The molecular weight excluding hydrogens is 260 g/mol. The first-order chi connectivity index (χ1) is 9.10. The highest BCUT2D eigenvalue weighted by Gasteiger charge is 2.27. The molecule has 2 aliphatic rings. The quantitative estimate of drug-likeness (QED) is 0.670. The molecule has 1 amide bonds. The summed E-state index contributed by atoms with van der Waals surface area (Å²) in [7, 11) is 0. The van der Waals surface area contributed by atoms with E-state index >= 15 is 0 Å². The Hall–Kier alpha value is -0.720. The van der Waals surface area contributed by atoms with Gasteiger partial charge in [-0.1, -0.05) is 19.1 Å². The highest BCUT2D eigenvalue weighted by atomic mass is 32.1. The lowest BCUT2D eigenvalue weighted by Crippen LogP contribution is -2.54. The number of thiocarbonyl (C=S) groups is 1. The molecule has 1 heterocycles. The highest BCUT2D eigenvalue weighted by Crippen LogP contribution is 2.18. The fourth-order valence-electron chi connectivity index (χ4n) is 2.58. The smallest absolute Gasteiger partial charge is 0.234 e. The van der Waals surface area contributed by atoms with E-state index in [0.29, 0.717) is 17.6 Å². The summed E-state index contributed by atoms with van der Waals surface area (Å²) in [5.41, 5.74) is 5.77. The molecule has 0 radical (unpaired) electrons. The lowest BCUT2D eigenvalue weighted by Gasteiger charge is -2.38. The van der Waals surface area contributed by atoms with Crippen molar-refractivity contribution in [1.29, 1.82) is 0 Å². The summed E-state index contributed by atoms with van der Waals surface area (Å²) in [5, 5.41) is 3.03. The molecule has 19 heavy (non-hydrogen) atoms. The molecule has 5 nitrogen and oxygen atoms in total. The lowest BCUT2D eigenvalue weighted by molar-refractivity contribution is -0.122. The third-order valence-corrected chi connectivity index (χ3v) is 4.14. The number of nitrogens with two attached hydrogens (primary N) is 1. The van der Waals surface area contributed by atoms with Crippen LogP contribution in [0.1, 0.15) is 26.2 Å². The first-order valence-corrected chi connectivity index (χ1v) is 7.56. The Bertz CT molecular complexity index is 338. The third-order valence-electron chi connectivity index (χ3n) is 3.87. The topological polar surface area (TPSA) is 61.6 Å². The summed E-state index contributed by atoms with van der Waals surface area (Å²) in [5.74, 6) is 0.164. The molecule has 6 heteroatoms. The summed E-state index contributed by atoms with van der Waals surface area (Å²) in [6, 6.07) is 0.658. The maximum atomic E-state index is 11.7. The molecule has 108 valence electrons. The molecule has 1 unspecified atom stereocenters. The van der Waals surface area contributed by atoms with Crippen molar-refractivity contribution in [3.05, 3.63) is 0 Å². The second-order valence-electron chi connectivity index (χ2n) is 5.48. The van der Waals surface area contributed by atoms with E-state index in [4.69, 9.17) is 18.0 Å². The van der Waals surface area contributed by atoms with Gasteiger partial charge in [-0.05, 0) is 19.3 Å². The van der Waals surface area contributed by atoms with E-state index in [0.717, 1.165) is 45.4 Å². The van der Waals surface area contributed by atoms with E-state index in [-0.39, 0.29) is 11.9 Å². The lowest BCUT2D eigenvalue weighted by atomic mass is 10.1. The average molecular weight is 284 g/mol. The maximum absolute atomic E-state index is 11.7. The van der Waals surface area contributed by atoms with Crippen LogP contribution in [0.15, 0.2) is 0 Å². The Labute approximate surface area is 120 Å². The van der Waals surface area contributed by atoms with Crippen molar-refractivity contribution in [2.75, 3.05) is 32.7 Å². The molecule has 1 atom stereocenters. The van der Waals surface area contributed by atoms with Crippen LogP contribution < -0.4 is 11.1 Å². The van der Waals surface area contributed by atoms with Gasteiger partial charge in [-0.2, -0.15) is 0 Å². The summed E-state index contributed by atoms with van der Waals surface area (Å²) < 4.78 is 0.